The third kappa shape index (κ3) is 2.25. The molecular weight excluding hydrogens is 286 g/mol. The van der Waals surface area contributed by atoms with Gasteiger partial charge in [0.25, 0.3) is 5.69 Å². The molecular formula is C16H13NO3S. The summed E-state index contributed by atoms with van der Waals surface area (Å²) < 4.78 is 6.22. The maximum absolute atomic E-state index is 11.3. The molecule has 3 aromatic rings. The number of thiophene rings is 1. The van der Waals surface area contributed by atoms with Gasteiger partial charge in [-0.2, -0.15) is 0 Å². The minimum atomic E-state index is -0.359. The molecule has 0 spiro atoms. The molecule has 0 saturated heterocycles. The first-order valence-corrected chi connectivity index (χ1v) is 7.24. The number of aryl methyl sites for hydroxylation is 1. The van der Waals surface area contributed by atoms with E-state index in [-0.39, 0.29) is 10.6 Å². The van der Waals surface area contributed by atoms with Gasteiger partial charge < -0.3 is 4.74 Å². The highest BCUT2D eigenvalue weighted by Crippen LogP contribution is 2.42. The normalized spacial score (nSPS) is 10.8. The minimum absolute atomic E-state index is 0.0732. The van der Waals surface area contributed by atoms with Gasteiger partial charge in [-0.25, -0.2) is 0 Å². The number of methoxy groups -OCH3 is 1. The molecule has 0 aliphatic carbocycles. The van der Waals surface area contributed by atoms with Crippen LogP contribution in [0.25, 0.3) is 20.5 Å². The molecule has 5 heteroatoms. The molecule has 1 aromatic heterocycles. The predicted molar refractivity (Wildman–Crippen MR) is 85.2 cm³/mol. The van der Waals surface area contributed by atoms with Crippen LogP contribution in [0.1, 0.15) is 5.56 Å². The Morgan fingerprint density at radius 1 is 1.19 bits per heavy atom. The molecule has 0 aliphatic heterocycles. The molecule has 0 unspecified atom stereocenters. The van der Waals surface area contributed by atoms with Gasteiger partial charge in [-0.15, -0.1) is 11.3 Å². The highest BCUT2D eigenvalue weighted by molar-refractivity contribution is 7.22. The van der Waals surface area contributed by atoms with Crippen molar-refractivity contribution in [3.63, 3.8) is 0 Å². The number of nitrogens with zero attached hydrogens (tertiary/aromatic N) is 1. The monoisotopic (exact) mass is 299 g/mol. The second-order valence-corrected chi connectivity index (χ2v) is 5.74. The van der Waals surface area contributed by atoms with Gasteiger partial charge in [0.15, 0.2) is 0 Å². The van der Waals surface area contributed by atoms with Crippen LogP contribution in [0.5, 0.6) is 5.75 Å². The highest BCUT2D eigenvalue weighted by atomic mass is 32.1. The van der Waals surface area contributed by atoms with Crippen LogP contribution in [-0.4, -0.2) is 12.0 Å². The van der Waals surface area contributed by atoms with Gasteiger partial charge in [-0.3, -0.25) is 10.1 Å². The van der Waals surface area contributed by atoms with Crippen molar-refractivity contribution in [2.75, 3.05) is 7.11 Å². The molecule has 0 atom stereocenters. The van der Waals surface area contributed by atoms with Gasteiger partial charge in [0.2, 0.25) is 0 Å². The van der Waals surface area contributed by atoms with E-state index in [4.69, 9.17) is 4.74 Å². The van der Waals surface area contributed by atoms with E-state index in [0.717, 1.165) is 20.5 Å². The van der Waals surface area contributed by atoms with Crippen LogP contribution in [0.4, 0.5) is 5.69 Å². The molecule has 0 radical (unpaired) electrons. The van der Waals surface area contributed by atoms with E-state index in [0.29, 0.717) is 11.3 Å². The number of benzene rings is 2. The maximum Gasteiger partial charge on any atom is 0.281 e. The van der Waals surface area contributed by atoms with Crippen molar-refractivity contribution in [3.8, 4) is 16.2 Å². The Balaban J connectivity index is 2.27. The Hall–Kier alpha value is -2.40. The van der Waals surface area contributed by atoms with Crippen molar-refractivity contribution < 1.29 is 9.66 Å². The molecule has 0 amide bonds. The summed E-state index contributed by atoms with van der Waals surface area (Å²) in [6, 6.07) is 13.0. The van der Waals surface area contributed by atoms with Crippen molar-refractivity contribution in [2.24, 2.45) is 0 Å². The molecule has 4 nitrogen and oxygen atoms in total. The lowest BCUT2D eigenvalue weighted by molar-refractivity contribution is -0.384. The van der Waals surface area contributed by atoms with Crippen molar-refractivity contribution in [1.29, 1.82) is 0 Å². The third-order valence-corrected chi connectivity index (χ3v) is 4.80. The lowest BCUT2D eigenvalue weighted by atomic mass is 10.1. The first-order chi connectivity index (χ1) is 10.1. The van der Waals surface area contributed by atoms with Crippen molar-refractivity contribution in [3.05, 3.63) is 58.1 Å². The predicted octanol–water partition coefficient (Wildman–Crippen LogP) is 4.79. The van der Waals surface area contributed by atoms with E-state index in [1.165, 1.54) is 13.2 Å². The lowest BCUT2D eigenvalue weighted by Gasteiger charge is -2.05. The molecule has 21 heavy (non-hydrogen) atoms. The van der Waals surface area contributed by atoms with Crippen molar-refractivity contribution in [1.82, 2.24) is 0 Å². The second kappa shape index (κ2) is 5.18. The summed E-state index contributed by atoms with van der Waals surface area (Å²) in [6.07, 6.45) is 0. The summed E-state index contributed by atoms with van der Waals surface area (Å²) in [6.45, 7) is 2.00. The summed E-state index contributed by atoms with van der Waals surface area (Å²) in [5.74, 6) is 0.490. The van der Waals surface area contributed by atoms with Gasteiger partial charge >= 0.3 is 0 Å². The molecule has 0 saturated carbocycles. The molecule has 2 aromatic carbocycles. The molecule has 0 N–H and O–H groups in total. The van der Waals surface area contributed by atoms with Crippen LogP contribution in [-0.2, 0) is 0 Å². The summed E-state index contributed by atoms with van der Waals surface area (Å²) >= 11 is 1.58. The highest BCUT2D eigenvalue weighted by Gasteiger charge is 2.20. The zero-order valence-corrected chi connectivity index (χ0v) is 12.4. The zero-order valence-electron chi connectivity index (χ0n) is 11.6. The van der Waals surface area contributed by atoms with E-state index in [1.807, 2.05) is 31.2 Å². The van der Waals surface area contributed by atoms with Gasteiger partial charge in [-0.05, 0) is 36.1 Å². The second-order valence-electron chi connectivity index (χ2n) is 4.69. The summed E-state index contributed by atoms with van der Waals surface area (Å²) in [4.78, 5) is 11.9. The Labute approximate surface area is 125 Å². The fourth-order valence-electron chi connectivity index (χ4n) is 2.41. The van der Waals surface area contributed by atoms with E-state index in [1.54, 1.807) is 23.5 Å². The van der Waals surface area contributed by atoms with Crippen LogP contribution >= 0.6 is 11.3 Å². The summed E-state index contributed by atoms with van der Waals surface area (Å²) in [5, 5.41) is 12.5. The Morgan fingerprint density at radius 3 is 2.62 bits per heavy atom. The first-order valence-electron chi connectivity index (χ1n) is 6.42. The van der Waals surface area contributed by atoms with Crippen molar-refractivity contribution in [2.45, 2.75) is 6.92 Å². The van der Waals surface area contributed by atoms with Crippen LogP contribution in [0.3, 0.4) is 0 Å². The molecule has 0 fully saturated rings. The van der Waals surface area contributed by atoms with Crippen molar-refractivity contribution >= 4 is 27.1 Å². The van der Waals surface area contributed by atoms with E-state index < -0.39 is 0 Å². The average Bonchev–Trinajstić information content (AvgIpc) is 2.84. The standard InChI is InChI=1S/C16H13NO3S/c1-10-12-5-3-4-6-15(12)21-16(10)13-8-7-11(20-2)9-14(13)17(18)19/h3-9H,1-2H3. The largest absolute Gasteiger partial charge is 0.497 e. The number of fused-ring (bicyclic) bond motifs is 1. The number of rotatable bonds is 3. The number of nitro benzene ring substituents is 1. The molecule has 106 valence electrons. The quantitative estimate of drug-likeness (QED) is 0.516. The van der Waals surface area contributed by atoms with Crippen LogP contribution in [0.15, 0.2) is 42.5 Å². The zero-order chi connectivity index (χ0) is 15.0. The van der Waals surface area contributed by atoms with Gasteiger partial charge in [0.05, 0.1) is 23.7 Å². The lowest BCUT2D eigenvalue weighted by Crippen LogP contribution is -1.93. The van der Waals surface area contributed by atoms with E-state index in [9.17, 15) is 10.1 Å². The van der Waals surface area contributed by atoms with E-state index in [2.05, 4.69) is 0 Å². The topological polar surface area (TPSA) is 52.4 Å². The Bertz CT molecular complexity index is 839. The minimum Gasteiger partial charge on any atom is -0.497 e. The van der Waals surface area contributed by atoms with Crippen LogP contribution in [0, 0.1) is 17.0 Å². The van der Waals surface area contributed by atoms with Crippen LogP contribution in [0.2, 0.25) is 0 Å². The SMILES string of the molecule is COc1ccc(-c2sc3ccccc3c2C)c([N+](=O)[O-])c1. The van der Waals surface area contributed by atoms with Crippen LogP contribution < -0.4 is 4.74 Å². The van der Waals surface area contributed by atoms with E-state index >= 15 is 0 Å². The smallest absolute Gasteiger partial charge is 0.281 e. The maximum atomic E-state index is 11.3. The first kappa shape index (κ1) is 13.6. The van der Waals surface area contributed by atoms with Gasteiger partial charge in [-0.1, -0.05) is 18.2 Å². The third-order valence-electron chi connectivity index (χ3n) is 3.49. The summed E-state index contributed by atoms with van der Waals surface area (Å²) in [7, 11) is 1.50. The number of nitro groups is 1. The molecule has 3 rings (SSSR count). The van der Waals surface area contributed by atoms with Gasteiger partial charge in [0, 0.05) is 9.58 Å². The molecule has 1 heterocycles. The average molecular weight is 299 g/mol. The molecule has 0 aliphatic rings. The number of hydrogen-bond acceptors (Lipinski definition) is 4. The Kier molecular flexibility index (Phi) is 3.35. The fourth-order valence-corrected chi connectivity index (χ4v) is 3.66. The molecule has 0 bridgehead atoms. The fraction of sp³-hybridized carbons (Fsp3) is 0.125. The Morgan fingerprint density at radius 2 is 1.95 bits per heavy atom. The summed E-state index contributed by atoms with van der Waals surface area (Å²) in [5.41, 5.74) is 1.78. The number of hydrogen-bond donors (Lipinski definition) is 0. The number of ether oxygens (including phenoxy) is 1. The van der Waals surface area contributed by atoms with Gasteiger partial charge in [0.1, 0.15) is 5.75 Å².